The van der Waals surface area contributed by atoms with E-state index in [4.69, 9.17) is 0 Å². The van der Waals surface area contributed by atoms with Gasteiger partial charge in [-0.15, -0.1) is 0 Å². The van der Waals surface area contributed by atoms with Crippen molar-refractivity contribution in [3.05, 3.63) is 54.5 Å². The van der Waals surface area contributed by atoms with Gasteiger partial charge in [0.1, 0.15) is 6.54 Å². The topological polar surface area (TPSA) is 95.9 Å². The second-order valence-electron chi connectivity index (χ2n) is 7.33. The van der Waals surface area contributed by atoms with Crippen molar-refractivity contribution >= 4 is 17.5 Å². The highest BCUT2D eigenvalue weighted by Gasteiger charge is 2.27. The molecule has 2 N–H and O–H groups in total. The number of piperidine rings is 1. The molecule has 3 heterocycles. The number of hydrogen-bond donors (Lipinski definition) is 2. The zero-order valence-electron chi connectivity index (χ0n) is 16.3. The molecule has 0 spiro atoms. The van der Waals surface area contributed by atoms with Gasteiger partial charge in [0, 0.05) is 48.3 Å². The van der Waals surface area contributed by atoms with E-state index >= 15 is 0 Å². The van der Waals surface area contributed by atoms with Gasteiger partial charge in [0.2, 0.25) is 11.8 Å². The van der Waals surface area contributed by atoms with E-state index in [1.807, 2.05) is 48.2 Å². The number of H-pyrrole nitrogens is 1. The summed E-state index contributed by atoms with van der Waals surface area (Å²) in [7, 11) is 0. The zero-order chi connectivity index (χ0) is 20.2. The maximum atomic E-state index is 12.7. The standard InChI is InChI=1S/C21H24N6O2/c1-15-5-10-23-27(15)14-20(28)26-11-7-16(8-12-26)21(29)24-18-4-2-3-17(13-18)19-6-9-22-25-19/h2-6,9-10,13,16H,7-8,11-12,14H2,1H3,(H,22,25)(H,24,29). The first kappa shape index (κ1) is 18.9. The minimum absolute atomic E-state index is 0.00165. The van der Waals surface area contributed by atoms with E-state index in [0.29, 0.717) is 25.9 Å². The van der Waals surface area contributed by atoms with E-state index in [2.05, 4.69) is 20.6 Å². The van der Waals surface area contributed by atoms with Crippen molar-refractivity contribution in [2.75, 3.05) is 18.4 Å². The Morgan fingerprint density at radius 3 is 2.69 bits per heavy atom. The van der Waals surface area contributed by atoms with Crippen LogP contribution in [0.1, 0.15) is 18.5 Å². The number of carbonyl (C=O) groups is 2. The van der Waals surface area contributed by atoms with Gasteiger partial charge in [-0.25, -0.2) is 0 Å². The number of aryl methyl sites for hydroxylation is 1. The lowest BCUT2D eigenvalue weighted by molar-refractivity contribution is -0.135. The van der Waals surface area contributed by atoms with Crippen LogP contribution >= 0.6 is 0 Å². The summed E-state index contributed by atoms with van der Waals surface area (Å²) < 4.78 is 1.70. The van der Waals surface area contributed by atoms with Crippen molar-refractivity contribution in [2.45, 2.75) is 26.3 Å². The SMILES string of the molecule is Cc1ccnn1CC(=O)N1CCC(C(=O)Nc2cccc(-c3ccn[nH]3)c2)CC1. The Hall–Kier alpha value is -3.42. The van der Waals surface area contributed by atoms with E-state index in [1.165, 1.54) is 0 Å². The number of hydrogen-bond acceptors (Lipinski definition) is 4. The first-order valence-electron chi connectivity index (χ1n) is 9.77. The van der Waals surface area contributed by atoms with Crippen LogP contribution in [0.15, 0.2) is 48.8 Å². The van der Waals surface area contributed by atoms with Gasteiger partial charge >= 0.3 is 0 Å². The average Bonchev–Trinajstić information content (AvgIpc) is 3.41. The molecule has 0 bridgehead atoms. The second kappa shape index (κ2) is 8.30. The van der Waals surface area contributed by atoms with Gasteiger partial charge in [-0.2, -0.15) is 10.2 Å². The van der Waals surface area contributed by atoms with Crippen LogP contribution in [0.4, 0.5) is 5.69 Å². The maximum Gasteiger partial charge on any atom is 0.244 e. The molecule has 1 fully saturated rings. The van der Waals surface area contributed by atoms with Crippen LogP contribution < -0.4 is 5.32 Å². The summed E-state index contributed by atoms with van der Waals surface area (Å²) >= 11 is 0. The zero-order valence-corrected chi connectivity index (χ0v) is 16.3. The molecular formula is C21H24N6O2. The molecule has 4 rings (SSSR count). The van der Waals surface area contributed by atoms with Gasteiger partial charge in [0.05, 0.1) is 5.69 Å². The molecular weight excluding hydrogens is 368 g/mol. The number of nitrogens with zero attached hydrogens (tertiary/aromatic N) is 4. The molecule has 150 valence electrons. The molecule has 0 radical (unpaired) electrons. The fraction of sp³-hybridized carbons (Fsp3) is 0.333. The van der Waals surface area contributed by atoms with Crippen molar-refractivity contribution in [1.29, 1.82) is 0 Å². The minimum atomic E-state index is -0.0960. The van der Waals surface area contributed by atoms with Gasteiger partial charge in [-0.1, -0.05) is 12.1 Å². The third-order valence-corrected chi connectivity index (χ3v) is 5.37. The number of carbonyl (C=O) groups excluding carboxylic acids is 2. The molecule has 1 saturated heterocycles. The summed E-state index contributed by atoms with van der Waals surface area (Å²) in [5.41, 5.74) is 3.59. The average molecular weight is 392 g/mol. The monoisotopic (exact) mass is 392 g/mol. The van der Waals surface area contributed by atoms with Crippen molar-refractivity contribution < 1.29 is 9.59 Å². The summed E-state index contributed by atoms with van der Waals surface area (Å²) in [6.45, 7) is 3.35. The van der Waals surface area contributed by atoms with Gasteiger partial charge in [-0.3, -0.25) is 19.4 Å². The number of anilines is 1. The molecule has 1 aliphatic rings. The largest absolute Gasteiger partial charge is 0.341 e. The molecule has 8 heteroatoms. The van der Waals surface area contributed by atoms with Crippen LogP contribution in [0.2, 0.25) is 0 Å². The summed E-state index contributed by atoms with van der Waals surface area (Å²) in [6.07, 6.45) is 4.72. The number of rotatable bonds is 5. The second-order valence-corrected chi connectivity index (χ2v) is 7.33. The third kappa shape index (κ3) is 4.37. The molecule has 0 unspecified atom stereocenters. The van der Waals surface area contributed by atoms with Gasteiger partial charge in [0.15, 0.2) is 0 Å². The van der Waals surface area contributed by atoms with Crippen LogP contribution in [0.3, 0.4) is 0 Å². The summed E-state index contributed by atoms with van der Waals surface area (Å²) in [4.78, 5) is 27.0. The Balaban J connectivity index is 1.31. The number of amides is 2. The molecule has 1 aromatic carbocycles. The molecule has 1 aliphatic heterocycles. The Bertz CT molecular complexity index is 986. The van der Waals surface area contributed by atoms with Crippen molar-refractivity contribution in [1.82, 2.24) is 24.9 Å². The molecule has 8 nitrogen and oxygen atoms in total. The highest BCUT2D eigenvalue weighted by molar-refractivity contribution is 5.93. The number of likely N-dealkylation sites (tertiary alicyclic amines) is 1. The predicted molar refractivity (Wildman–Crippen MR) is 109 cm³/mol. The lowest BCUT2D eigenvalue weighted by Gasteiger charge is -2.31. The van der Waals surface area contributed by atoms with Crippen LogP contribution in [0, 0.1) is 12.8 Å². The van der Waals surface area contributed by atoms with Crippen LogP contribution in [0.5, 0.6) is 0 Å². The molecule has 2 amide bonds. The van der Waals surface area contributed by atoms with Crippen molar-refractivity contribution in [2.24, 2.45) is 5.92 Å². The molecule has 0 saturated carbocycles. The number of benzene rings is 1. The van der Waals surface area contributed by atoms with Crippen molar-refractivity contribution in [3.63, 3.8) is 0 Å². The number of nitrogens with one attached hydrogen (secondary N) is 2. The summed E-state index contributed by atoms with van der Waals surface area (Å²) in [6, 6.07) is 11.4. The van der Waals surface area contributed by atoms with E-state index in [-0.39, 0.29) is 24.3 Å². The van der Waals surface area contributed by atoms with E-state index in [9.17, 15) is 9.59 Å². The summed E-state index contributed by atoms with van der Waals surface area (Å²) in [5.74, 6) is -0.0500. The lowest BCUT2D eigenvalue weighted by Crippen LogP contribution is -2.42. The highest BCUT2D eigenvalue weighted by atomic mass is 16.2. The van der Waals surface area contributed by atoms with Crippen molar-refractivity contribution in [3.8, 4) is 11.3 Å². The first-order chi connectivity index (χ1) is 14.1. The van der Waals surface area contributed by atoms with Gasteiger partial charge in [-0.05, 0) is 44.0 Å². The molecule has 2 aromatic heterocycles. The Labute approximate surface area is 168 Å². The highest BCUT2D eigenvalue weighted by Crippen LogP contribution is 2.23. The van der Waals surface area contributed by atoms with Gasteiger partial charge < -0.3 is 10.2 Å². The molecule has 29 heavy (non-hydrogen) atoms. The van der Waals surface area contributed by atoms with Crippen LogP contribution in [-0.2, 0) is 16.1 Å². The summed E-state index contributed by atoms with van der Waals surface area (Å²) in [5, 5.41) is 14.1. The maximum absolute atomic E-state index is 12.7. The van der Waals surface area contributed by atoms with E-state index < -0.39 is 0 Å². The predicted octanol–water partition coefficient (Wildman–Crippen LogP) is 2.46. The van der Waals surface area contributed by atoms with E-state index in [1.54, 1.807) is 17.1 Å². The normalized spacial score (nSPS) is 14.7. The minimum Gasteiger partial charge on any atom is -0.341 e. The molecule has 0 atom stereocenters. The number of aromatic nitrogens is 4. The van der Waals surface area contributed by atoms with Crippen LogP contribution in [0.25, 0.3) is 11.3 Å². The number of aromatic amines is 1. The Kier molecular flexibility index (Phi) is 5.41. The lowest BCUT2D eigenvalue weighted by atomic mass is 9.95. The third-order valence-electron chi connectivity index (χ3n) is 5.37. The smallest absolute Gasteiger partial charge is 0.244 e. The fourth-order valence-electron chi connectivity index (χ4n) is 3.61. The molecule has 0 aliphatic carbocycles. The fourth-order valence-corrected chi connectivity index (χ4v) is 3.61. The quantitative estimate of drug-likeness (QED) is 0.697. The Morgan fingerprint density at radius 1 is 1.17 bits per heavy atom. The van der Waals surface area contributed by atoms with Gasteiger partial charge in [0.25, 0.3) is 0 Å². The van der Waals surface area contributed by atoms with Crippen LogP contribution in [-0.4, -0.2) is 49.8 Å². The Morgan fingerprint density at radius 2 is 2.00 bits per heavy atom. The van der Waals surface area contributed by atoms with E-state index in [0.717, 1.165) is 22.6 Å². The first-order valence-corrected chi connectivity index (χ1v) is 9.77. The molecule has 3 aromatic rings.